The number of amidine groups is 1. The number of carbonyl (C=O) groups is 1. The van der Waals surface area contributed by atoms with Crippen LogP contribution in [0.2, 0.25) is 0 Å². The molecule has 1 saturated heterocycles. The standard InChI is InChI=1S/C25H22N2O2S/c1-29-18-21-12-8-11-20(15-21)16-23-24(28)27(22-13-6-3-7-14-22)25(30-23)26-17-19-9-4-2-5-10-19/h2-16H,17-18H2,1H3. The molecule has 1 heterocycles. The number of benzene rings is 3. The van der Waals surface area contributed by atoms with Crippen molar-refractivity contribution in [2.45, 2.75) is 13.2 Å². The summed E-state index contributed by atoms with van der Waals surface area (Å²) in [5.74, 6) is -0.0600. The van der Waals surface area contributed by atoms with Gasteiger partial charge in [-0.05, 0) is 52.7 Å². The van der Waals surface area contributed by atoms with Crippen LogP contribution in [-0.2, 0) is 22.7 Å². The first-order valence-electron chi connectivity index (χ1n) is 9.70. The van der Waals surface area contributed by atoms with Gasteiger partial charge in [-0.25, -0.2) is 0 Å². The average Bonchev–Trinajstić information content (AvgIpc) is 3.09. The molecule has 1 amide bonds. The van der Waals surface area contributed by atoms with Gasteiger partial charge < -0.3 is 4.74 Å². The lowest BCUT2D eigenvalue weighted by Gasteiger charge is -2.15. The van der Waals surface area contributed by atoms with Gasteiger partial charge in [0.25, 0.3) is 5.91 Å². The van der Waals surface area contributed by atoms with Crippen LogP contribution in [0.25, 0.3) is 6.08 Å². The molecule has 0 unspecified atom stereocenters. The van der Waals surface area contributed by atoms with Gasteiger partial charge in [-0.3, -0.25) is 14.7 Å². The molecule has 150 valence electrons. The second-order valence-electron chi connectivity index (χ2n) is 6.85. The monoisotopic (exact) mass is 414 g/mol. The Morgan fingerprint density at radius 3 is 2.37 bits per heavy atom. The van der Waals surface area contributed by atoms with E-state index in [9.17, 15) is 4.79 Å². The number of rotatable bonds is 6. The Morgan fingerprint density at radius 1 is 0.933 bits per heavy atom. The molecule has 0 bridgehead atoms. The van der Waals surface area contributed by atoms with Gasteiger partial charge in [-0.1, -0.05) is 66.7 Å². The highest BCUT2D eigenvalue weighted by atomic mass is 32.2. The SMILES string of the molecule is COCc1cccc(C=C2SC(=NCc3ccccc3)N(c3ccccc3)C2=O)c1. The van der Waals surface area contributed by atoms with Crippen LogP contribution in [0.1, 0.15) is 16.7 Å². The number of carbonyl (C=O) groups excluding carboxylic acids is 1. The summed E-state index contributed by atoms with van der Waals surface area (Å²) in [6, 6.07) is 27.7. The molecule has 0 saturated carbocycles. The molecular weight excluding hydrogens is 392 g/mol. The molecule has 3 aromatic carbocycles. The minimum atomic E-state index is -0.0600. The molecule has 1 aliphatic heterocycles. The maximum Gasteiger partial charge on any atom is 0.271 e. The zero-order valence-electron chi connectivity index (χ0n) is 16.7. The zero-order chi connectivity index (χ0) is 20.8. The van der Waals surface area contributed by atoms with E-state index >= 15 is 0 Å². The van der Waals surface area contributed by atoms with Crippen molar-refractivity contribution in [2.24, 2.45) is 4.99 Å². The van der Waals surface area contributed by atoms with Crippen molar-refractivity contribution in [3.63, 3.8) is 0 Å². The lowest BCUT2D eigenvalue weighted by molar-refractivity contribution is -0.113. The third-order valence-corrected chi connectivity index (χ3v) is 5.63. The lowest BCUT2D eigenvalue weighted by atomic mass is 10.1. The summed E-state index contributed by atoms with van der Waals surface area (Å²) in [5, 5.41) is 0.689. The van der Waals surface area contributed by atoms with Gasteiger partial charge in [0.1, 0.15) is 0 Å². The number of aliphatic imine (C=N–C) groups is 1. The minimum absolute atomic E-state index is 0.0600. The number of hydrogen-bond acceptors (Lipinski definition) is 4. The molecule has 0 aliphatic carbocycles. The van der Waals surface area contributed by atoms with E-state index in [1.807, 2.05) is 91.0 Å². The number of methoxy groups -OCH3 is 1. The summed E-state index contributed by atoms with van der Waals surface area (Å²) in [7, 11) is 1.68. The van der Waals surface area contributed by atoms with Crippen LogP contribution in [0.15, 0.2) is 94.8 Å². The van der Waals surface area contributed by atoms with E-state index in [2.05, 4.69) is 0 Å². The number of ether oxygens (including phenoxy) is 1. The van der Waals surface area contributed by atoms with Crippen LogP contribution in [-0.4, -0.2) is 18.2 Å². The highest BCUT2D eigenvalue weighted by Crippen LogP contribution is 2.36. The van der Waals surface area contributed by atoms with Crippen molar-refractivity contribution in [2.75, 3.05) is 12.0 Å². The van der Waals surface area contributed by atoms with Gasteiger partial charge in [0.15, 0.2) is 5.17 Å². The Bertz CT molecular complexity index is 1080. The Labute approximate surface area is 180 Å². The molecular formula is C25H22N2O2S. The van der Waals surface area contributed by atoms with Crippen molar-refractivity contribution >= 4 is 34.6 Å². The van der Waals surface area contributed by atoms with E-state index in [4.69, 9.17) is 9.73 Å². The third kappa shape index (κ3) is 4.70. The first-order chi connectivity index (χ1) is 14.7. The normalized spacial score (nSPS) is 16.6. The number of para-hydroxylation sites is 1. The van der Waals surface area contributed by atoms with Crippen molar-refractivity contribution < 1.29 is 9.53 Å². The van der Waals surface area contributed by atoms with Crippen molar-refractivity contribution in [1.82, 2.24) is 0 Å². The Balaban J connectivity index is 1.67. The topological polar surface area (TPSA) is 41.9 Å². The highest BCUT2D eigenvalue weighted by Gasteiger charge is 2.34. The number of nitrogens with zero attached hydrogens (tertiary/aromatic N) is 2. The van der Waals surface area contributed by atoms with Crippen LogP contribution in [0.3, 0.4) is 0 Å². The molecule has 0 atom stereocenters. The van der Waals surface area contributed by atoms with Gasteiger partial charge >= 0.3 is 0 Å². The molecule has 1 aliphatic rings. The molecule has 0 aromatic heterocycles. The van der Waals surface area contributed by atoms with Gasteiger partial charge in [0, 0.05) is 7.11 Å². The summed E-state index contributed by atoms with van der Waals surface area (Å²) in [6.07, 6.45) is 1.92. The summed E-state index contributed by atoms with van der Waals surface area (Å²) < 4.78 is 5.22. The maximum atomic E-state index is 13.3. The molecule has 1 fully saturated rings. The van der Waals surface area contributed by atoms with E-state index < -0.39 is 0 Å². The predicted octanol–water partition coefficient (Wildman–Crippen LogP) is 5.51. The van der Waals surface area contributed by atoms with E-state index in [1.54, 1.807) is 12.0 Å². The van der Waals surface area contributed by atoms with E-state index in [0.29, 0.717) is 23.2 Å². The number of thioether (sulfide) groups is 1. The Hall–Kier alpha value is -3.15. The van der Waals surface area contributed by atoms with Crippen molar-refractivity contribution in [3.05, 3.63) is 107 Å². The first-order valence-corrected chi connectivity index (χ1v) is 10.5. The largest absolute Gasteiger partial charge is 0.380 e. The Kier molecular flexibility index (Phi) is 6.42. The molecule has 5 heteroatoms. The van der Waals surface area contributed by atoms with Crippen LogP contribution in [0.4, 0.5) is 5.69 Å². The van der Waals surface area contributed by atoms with E-state index in [-0.39, 0.29) is 5.91 Å². The lowest BCUT2D eigenvalue weighted by Crippen LogP contribution is -2.28. The van der Waals surface area contributed by atoms with Gasteiger partial charge in [0.2, 0.25) is 0 Å². The van der Waals surface area contributed by atoms with Crippen LogP contribution < -0.4 is 4.90 Å². The molecule has 0 radical (unpaired) electrons. The number of hydrogen-bond donors (Lipinski definition) is 0. The third-order valence-electron chi connectivity index (χ3n) is 4.62. The molecule has 4 rings (SSSR count). The average molecular weight is 415 g/mol. The fraction of sp³-hybridized carbons (Fsp3) is 0.120. The van der Waals surface area contributed by atoms with Crippen molar-refractivity contribution in [3.8, 4) is 0 Å². The second kappa shape index (κ2) is 9.57. The van der Waals surface area contributed by atoms with Gasteiger partial charge in [-0.15, -0.1) is 0 Å². The summed E-state index contributed by atoms with van der Waals surface area (Å²) in [6.45, 7) is 1.06. The first kappa shape index (κ1) is 20.1. The zero-order valence-corrected chi connectivity index (χ0v) is 17.5. The quantitative estimate of drug-likeness (QED) is 0.500. The fourth-order valence-electron chi connectivity index (χ4n) is 3.22. The van der Waals surface area contributed by atoms with Crippen LogP contribution in [0, 0.1) is 0 Å². The smallest absolute Gasteiger partial charge is 0.271 e. The van der Waals surface area contributed by atoms with E-state index in [1.165, 1.54) is 11.8 Å². The highest BCUT2D eigenvalue weighted by molar-refractivity contribution is 8.19. The molecule has 0 N–H and O–H groups in total. The molecule has 3 aromatic rings. The summed E-state index contributed by atoms with van der Waals surface area (Å²) in [4.78, 5) is 20.4. The van der Waals surface area contributed by atoms with Gasteiger partial charge in [-0.2, -0.15) is 0 Å². The maximum absolute atomic E-state index is 13.3. The number of amides is 1. The van der Waals surface area contributed by atoms with E-state index in [0.717, 1.165) is 22.4 Å². The second-order valence-corrected chi connectivity index (χ2v) is 7.86. The number of anilines is 1. The molecule has 30 heavy (non-hydrogen) atoms. The Morgan fingerprint density at radius 2 is 1.63 bits per heavy atom. The summed E-state index contributed by atoms with van der Waals surface area (Å²) in [5.41, 5.74) is 3.96. The minimum Gasteiger partial charge on any atom is -0.380 e. The predicted molar refractivity (Wildman–Crippen MR) is 124 cm³/mol. The van der Waals surface area contributed by atoms with Crippen LogP contribution >= 0.6 is 11.8 Å². The van der Waals surface area contributed by atoms with Gasteiger partial charge in [0.05, 0.1) is 23.7 Å². The summed E-state index contributed by atoms with van der Waals surface area (Å²) >= 11 is 1.41. The molecule has 4 nitrogen and oxygen atoms in total. The molecule has 0 spiro atoms. The van der Waals surface area contributed by atoms with Crippen LogP contribution in [0.5, 0.6) is 0 Å². The fourth-order valence-corrected chi connectivity index (χ4v) is 4.20. The van der Waals surface area contributed by atoms with Crippen molar-refractivity contribution in [1.29, 1.82) is 0 Å².